The molecule has 1 aliphatic heterocycles. The normalized spacial score (nSPS) is 14.9. The molecule has 0 unspecified atom stereocenters. The van der Waals surface area contributed by atoms with Gasteiger partial charge < -0.3 is 4.90 Å². The fourth-order valence-corrected chi connectivity index (χ4v) is 1.30. The summed E-state index contributed by atoms with van der Waals surface area (Å²) in [5, 5.41) is 0.110. The van der Waals surface area contributed by atoms with Crippen LogP contribution in [0.5, 0.6) is 0 Å². The first-order valence-corrected chi connectivity index (χ1v) is 4.42. The number of hydrogen-bond donors (Lipinski definition) is 0. The zero-order chi connectivity index (χ0) is 9.97. The molecule has 1 aromatic carbocycles. The van der Waals surface area contributed by atoms with Crippen LogP contribution in [-0.2, 0) is 0 Å². The first kappa shape index (κ1) is 9.21. The Bertz CT molecular complexity index is 401. The van der Waals surface area contributed by atoms with Gasteiger partial charge in [0.2, 0.25) is 0 Å². The molecule has 2 rings (SSSR count). The number of anilines is 1. The molecule has 0 spiro atoms. The molecule has 1 radical (unpaired) electrons. The monoisotopic (exact) mass is 209 g/mol. The zero-order valence-electron chi connectivity index (χ0n) is 7.19. The molecule has 1 heterocycles. The fourth-order valence-electron chi connectivity index (χ4n) is 1.13. The number of hydrogen-bond acceptors (Lipinski definition) is 2. The van der Waals surface area contributed by atoms with E-state index in [-0.39, 0.29) is 5.02 Å². The standard InChI is InChI=1S/C10H7ClFN2/c11-9-6-8(2-3-10(9)12)14-5-1-4-13-7-14/h1-7H. The molecule has 0 bridgehead atoms. The van der Waals surface area contributed by atoms with E-state index in [9.17, 15) is 4.39 Å². The second-order valence-corrected chi connectivity index (χ2v) is 3.17. The lowest BCUT2D eigenvalue weighted by atomic mass is 10.3. The van der Waals surface area contributed by atoms with Gasteiger partial charge in [-0.15, -0.1) is 0 Å². The molecule has 1 aromatic rings. The van der Waals surface area contributed by atoms with Crippen LogP contribution in [0.25, 0.3) is 0 Å². The maximum absolute atomic E-state index is 12.9. The van der Waals surface area contributed by atoms with Gasteiger partial charge in [-0.25, -0.2) is 4.39 Å². The lowest BCUT2D eigenvalue weighted by Crippen LogP contribution is -2.13. The summed E-state index contributed by atoms with van der Waals surface area (Å²) < 4.78 is 12.9. The van der Waals surface area contributed by atoms with Gasteiger partial charge in [0.15, 0.2) is 6.67 Å². The minimum absolute atomic E-state index is 0.110. The highest BCUT2D eigenvalue weighted by molar-refractivity contribution is 6.31. The topological polar surface area (TPSA) is 15.6 Å². The van der Waals surface area contributed by atoms with Crippen LogP contribution in [0, 0.1) is 12.5 Å². The average molecular weight is 210 g/mol. The van der Waals surface area contributed by atoms with Crippen LogP contribution < -0.4 is 4.90 Å². The molecule has 0 fully saturated rings. The SMILES string of the molecule is Fc1ccc(N2[CH]N=CC=C2)cc1Cl. The first-order valence-electron chi connectivity index (χ1n) is 4.04. The van der Waals surface area contributed by atoms with Crippen molar-refractivity contribution in [1.29, 1.82) is 0 Å². The zero-order valence-corrected chi connectivity index (χ0v) is 7.95. The number of halogens is 2. The lowest BCUT2D eigenvalue weighted by molar-refractivity contribution is 0.628. The average Bonchev–Trinajstić information content (AvgIpc) is 2.23. The minimum Gasteiger partial charge on any atom is -0.322 e. The van der Waals surface area contributed by atoms with E-state index in [0.29, 0.717) is 0 Å². The van der Waals surface area contributed by atoms with Gasteiger partial charge in [-0.1, -0.05) is 11.6 Å². The van der Waals surface area contributed by atoms with E-state index in [2.05, 4.69) is 4.99 Å². The van der Waals surface area contributed by atoms with E-state index >= 15 is 0 Å². The Labute approximate surface area is 86.3 Å². The maximum Gasteiger partial charge on any atom is 0.166 e. The summed E-state index contributed by atoms with van der Waals surface area (Å²) in [7, 11) is 0. The van der Waals surface area contributed by atoms with Gasteiger partial charge in [0.1, 0.15) is 5.82 Å². The highest BCUT2D eigenvalue weighted by Crippen LogP contribution is 2.24. The Morgan fingerprint density at radius 3 is 2.86 bits per heavy atom. The van der Waals surface area contributed by atoms with Crippen molar-refractivity contribution in [1.82, 2.24) is 0 Å². The van der Waals surface area contributed by atoms with Crippen LogP contribution in [0.1, 0.15) is 0 Å². The van der Waals surface area contributed by atoms with Gasteiger partial charge in [-0.05, 0) is 24.3 Å². The number of rotatable bonds is 1. The predicted octanol–water partition coefficient (Wildman–Crippen LogP) is 3.00. The molecule has 0 saturated carbocycles. The maximum atomic E-state index is 12.9. The molecule has 14 heavy (non-hydrogen) atoms. The van der Waals surface area contributed by atoms with Gasteiger partial charge in [-0.2, -0.15) is 0 Å². The van der Waals surface area contributed by atoms with Crippen molar-refractivity contribution in [3.8, 4) is 0 Å². The lowest BCUT2D eigenvalue weighted by Gasteiger charge is -2.19. The molecule has 0 aliphatic carbocycles. The van der Waals surface area contributed by atoms with Crippen molar-refractivity contribution in [3.05, 3.63) is 48.0 Å². The molecule has 4 heteroatoms. The van der Waals surface area contributed by atoms with Crippen LogP contribution >= 0.6 is 11.6 Å². The molecular formula is C10H7ClFN2. The second kappa shape index (κ2) is 3.80. The van der Waals surface area contributed by atoms with Gasteiger partial charge in [0, 0.05) is 18.1 Å². The molecule has 1 aliphatic rings. The van der Waals surface area contributed by atoms with Crippen LogP contribution in [0.4, 0.5) is 10.1 Å². The molecule has 0 atom stereocenters. The summed E-state index contributed by atoms with van der Waals surface area (Å²) in [5.74, 6) is -0.417. The fraction of sp³-hybridized carbons (Fsp3) is 0. The van der Waals surface area contributed by atoms with Gasteiger partial charge >= 0.3 is 0 Å². The summed E-state index contributed by atoms with van der Waals surface area (Å²) in [6.45, 7) is 1.63. The van der Waals surface area contributed by atoms with Crippen LogP contribution in [0.2, 0.25) is 5.02 Å². The molecule has 2 nitrogen and oxygen atoms in total. The van der Waals surface area contributed by atoms with Crippen molar-refractivity contribution in [2.75, 3.05) is 4.90 Å². The molecule has 0 N–H and O–H groups in total. The van der Waals surface area contributed by atoms with Crippen molar-refractivity contribution >= 4 is 23.5 Å². The van der Waals surface area contributed by atoms with Gasteiger partial charge in [0.05, 0.1) is 5.02 Å². The Morgan fingerprint density at radius 2 is 2.21 bits per heavy atom. The van der Waals surface area contributed by atoms with E-state index in [1.165, 1.54) is 6.07 Å². The van der Waals surface area contributed by atoms with E-state index in [0.717, 1.165) is 5.69 Å². The third kappa shape index (κ3) is 1.77. The number of allylic oxidation sites excluding steroid dienone is 1. The highest BCUT2D eigenvalue weighted by atomic mass is 35.5. The number of benzene rings is 1. The second-order valence-electron chi connectivity index (χ2n) is 2.76. The summed E-state index contributed by atoms with van der Waals surface area (Å²) in [6.07, 6.45) is 5.27. The third-order valence-corrected chi connectivity index (χ3v) is 2.10. The van der Waals surface area contributed by atoms with Crippen molar-refractivity contribution in [3.63, 3.8) is 0 Å². The summed E-state index contributed by atoms with van der Waals surface area (Å²) in [4.78, 5) is 5.69. The summed E-state index contributed by atoms with van der Waals surface area (Å²) in [5.41, 5.74) is 0.782. The summed E-state index contributed by atoms with van der Waals surface area (Å²) in [6, 6.07) is 4.53. The molecule has 0 amide bonds. The number of aliphatic imine (C=N–C) groups is 1. The third-order valence-electron chi connectivity index (χ3n) is 1.81. The minimum atomic E-state index is -0.417. The molecular weight excluding hydrogens is 203 g/mol. The van der Waals surface area contributed by atoms with Crippen molar-refractivity contribution in [2.45, 2.75) is 0 Å². The van der Waals surface area contributed by atoms with E-state index in [4.69, 9.17) is 11.6 Å². The van der Waals surface area contributed by atoms with Crippen LogP contribution in [0.3, 0.4) is 0 Å². The van der Waals surface area contributed by atoms with Gasteiger partial charge in [-0.3, -0.25) is 4.99 Å². The van der Waals surface area contributed by atoms with Crippen molar-refractivity contribution < 1.29 is 4.39 Å². The summed E-state index contributed by atoms with van der Waals surface area (Å²) >= 11 is 5.65. The highest BCUT2D eigenvalue weighted by Gasteiger charge is 2.07. The van der Waals surface area contributed by atoms with Crippen LogP contribution in [0.15, 0.2) is 35.5 Å². The molecule has 71 valence electrons. The first-order chi connectivity index (χ1) is 6.77. The Kier molecular flexibility index (Phi) is 2.50. The molecule has 0 saturated heterocycles. The quantitative estimate of drug-likeness (QED) is 0.694. The van der Waals surface area contributed by atoms with Gasteiger partial charge in [0.25, 0.3) is 0 Å². The van der Waals surface area contributed by atoms with E-state index < -0.39 is 5.82 Å². The van der Waals surface area contributed by atoms with Crippen molar-refractivity contribution in [2.24, 2.45) is 4.99 Å². The Balaban J connectivity index is 2.28. The van der Waals surface area contributed by atoms with Crippen LogP contribution in [-0.4, -0.2) is 6.21 Å². The Hall–Kier alpha value is -1.35. The number of nitrogens with zero attached hydrogens (tertiary/aromatic N) is 2. The largest absolute Gasteiger partial charge is 0.322 e. The Morgan fingerprint density at radius 1 is 1.36 bits per heavy atom. The molecule has 0 aromatic heterocycles. The van der Waals surface area contributed by atoms with E-state index in [1.54, 1.807) is 36.0 Å². The predicted molar refractivity (Wildman–Crippen MR) is 55.8 cm³/mol. The smallest absolute Gasteiger partial charge is 0.166 e. The van der Waals surface area contributed by atoms with E-state index in [1.807, 2.05) is 6.20 Å².